The van der Waals surface area contributed by atoms with Crippen LogP contribution in [0.4, 0.5) is 0 Å². The second-order valence-electron chi connectivity index (χ2n) is 8.58. The number of aliphatic imine (C=N–C) groups is 1. The Labute approximate surface area is 215 Å². The third kappa shape index (κ3) is 5.82. The number of amides is 2. The predicted octanol–water partition coefficient (Wildman–Crippen LogP) is 5.03. The van der Waals surface area contributed by atoms with E-state index in [1.54, 1.807) is 12.1 Å². The first-order valence-corrected chi connectivity index (χ1v) is 12.1. The number of carbonyl (C=O) groups is 2. The lowest BCUT2D eigenvalue weighted by Gasteiger charge is -2.09. The molecule has 0 bridgehead atoms. The monoisotopic (exact) mass is 486 g/mol. The SMILES string of the molecule is O=C(NCc1ccccc1)C1=N/C(=C(/c2ccccc2)c2ccc(C(=O)NCc3ccccc3)[nH]2)C=C1. The van der Waals surface area contributed by atoms with Crippen LogP contribution in [-0.4, -0.2) is 22.5 Å². The zero-order valence-electron chi connectivity index (χ0n) is 20.1. The highest BCUT2D eigenvalue weighted by Gasteiger charge is 2.20. The number of benzene rings is 3. The average Bonchev–Trinajstić information content (AvgIpc) is 3.64. The standard InChI is InChI=1S/C31H26N4O2/c36-30(32-20-22-10-4-1-5-11-22)27-18-16-25(34-27)29(24-14-8-3-9-15-24)26-17-19-28(35-26)31(37)33-21-23-12-6-2-7-13-23/h1-19,34H,20-21H2,(H,32,36)(H,33,37)/b29-26-. The van der Waals surface area contributed by atoms with Gasteiger partial charge in [-0.3, -0.25) is 9.59 Å². The molecule has 1 aromatic heterocycles. The van der Waals surface area contributed by atoms with Gasteiger partial charge in [0.2, 0.25) is 0 Å². The van der Waals surface area contributed by atoms with Gasteiger partial charge in [-0.25, -0.2) is 4.99 Å². The summed E-state index contributed by atoms with van der Waals surface area (Å²) in [6.07, 6.45) is 3.55. The van der Waals surface area contributed by atoms with Gasteiger partial charge in [-0.1, -0.05) is 91.0 Å². The van der Waals surface area contributed by atoms with Gasteiger partial charge in [0.15, 0.2) is 0 Å². The zero-order chi connectivity index (χ0) is 25.5. The topological polar surface area (TPSA) is 86.3 Å². The van der Waals surface area contributed by atoms with Gasteiger partial charge in [-0.05, 0) is 41.0 Å². The largest absolute Gasteiger partial charge is 0.350 e. The third-order valence-electron chi connectivity index (χ3n) is 5.98. The molecule has 6 nitrogen and oxygen atoms in total. The molecule has 1 aliphatic heterocycles. The number of nitrogens with zero attached hydrogens (tertiary/aromatic N) is 1. The number of aromatic amines is 1. The van der Waals surface area contributed by atoms with Gasteiger partial charge in [-0.2, -0.15) is 0 Å². The van der Waals surface area contributed by atoms with Crippen molar-refractivity contribution in [3.8, 4) is 0 Å². The second kappa shape index (κ2) is 11.2. The summed E-state index contributed by atoms with van der Waals surface area (Å²) in [5, 5.41) is 5.87. The van der Waals surface area contributed by atoms with Crippen molar-refractivity contribution in [1.82, 2.24) is 15.6 Å². The van der Waals surface area contributed by atoms with Gasteiger partial charge in [0.25, 0.3) is 11.8 Å². The van der Waals surface area contributed by atoms with Crippen LogP contribution in [-0.2, 0) is 17.9 Å². The van der Waals surface area contributed by atoms with E-state index in [0.717, 1.165) is 28.0 Å². The smallest absolute Gasteiger partial charge is 0.270 e. The maximum atomic E-state index is 12.8. The molecule has 2 amide bonds. The van der Waals surface area contributed by atoms with E-state index in [4.69, 9.17) is 0 Å². The summed E-state index contributed by atoms with van der Waals surface area (Å²) in [6, 6.07) is 32.9. The molecule has 6 heteroatoms. The lowest BCUT2D eigenvalue weighted by molar-refractivity contribution is -0.114. The van der Waals surface area contributed by atoms with Crippen molar-refractivity contribution in [3.05, 3.63) is 149 Å². The van der Waals surface area contributed by atoms with Gasteiger partial charge in [0, 0.05) is 24.4 Å². The highest BCUT2D eigenvalue weighted by Crippen LogP contribution is 2.30. The summed E-state index contributed by atoms with van der Waals surface area (Å²) >= 11 is 0. The van der Waals surface area contributed by atoms with Gasteiger partial charge >= 0.3 is 0 Å². The fourth-order valence-electron chi connectivity index (χ4n) is 4.09. The summed E-state index contributed by atoms with van der Waals surface area (Å²) in [4.78, 5) is 33.4. The molecule has 4 aromatic rings. The molecule has 3 N–H and O–H groups in total. The quantitative estimate of drug-likeness (QED) is 0.326. The molecule has 0 spiro atoms. The van der Waals surface area contributed by atoms with E-state index in [9.17, 15) is 9.59 Å². The highest BCUT2D eigenvalue weighted by molar-refractivity contribution is 6.44. The van der Waals surface area contributed by atoms with Gasteiger partial charge in [0.1, 0.15) is 11.4 Å². The van der Waals surface area contributed by atoms with Crippen LogP contribution in [0.5, 0.6) is 0 Å². The van der Waals surface area contributed by atoms with Crippen molar-refractivity contribution in [3.63, 3.8) is 0 Å². The number of aromatic nitrogens is 1. The molecule has 0 saturated heterocycles. The number of H-pyrrole nitrogens is 1. The van der Waals surface area contributed by atoms with Crippen LogP contribution in [0.2, 0.25) is 0 Å². The first-order chi connectivity index (χ1) is 18.2. The molecule has 0 unspecified atom stereocenters. The molecule has 5 rings (SSSR count). The average molecular weight is 487 g/mol. The van der Waals surface area contributed by atoms with E-state index in [1.807, 2.05) is 103 Å². The molecule has 3 aromatic carbocycles. The van der Waals surface area contributed by atoms with Gasteiger partial charge < -0.3 is 15.6 Å². The minimum atomic E-state index is -0.241. The molecule has 0 atom stereocenters. The molecule has 0 aliphatic carbocycles. The Morgan fingerprint density at radius 1 is 0.622 bits per heavy atom. The minimum Gasteiger partial charge on any atom is -0.350 e. The van der Waals surface area contributed by atoms with Gasteiger partial charge in [0.05, 0.1) is 5.70 Å². The maximum absolute atomic E-state index is 12.8. The van der Waals surface area contributed by atoms with E-state index >= 15 is 0 Å². The van der Waals surface area contributed by atoms with Crippen LogP contribution in [0.3, 0.4) is 0 Å². The Bertz CT molecular complexity index is 1480. The summed E-state index contributed by atoms with van der Waals surface area (Å²) in [6.45, 7) is 0.865. The van der Waals surface area contributed by atoms with Crippen molar-refractivity contribution in [1.29, 1.82) is 0 Å². The molecular weight excluding hydrogens is 460 g/mol. The lowest BCUT2D eigenvalue weighted by atomic mass is 10.0. The van der Waals surface area contributed by atoms with Crippen LogP contribution in [0.15, 0.2) is 126 Å². The van der Waals surface area contributed by atoms with Crippen LogP contribution < -0.4 is 10.6 Å². The van der Waals surface area contributed by atoms with Crippen molar-refractivity contribution < 1.29 is 9.59 Å². The minimum absolute atomic E-state index is 0.195. The van der Waals surface area contributed by atoms with Crippen LogP contribution in [0.1, 0.15) is 32.9 Å². The number of nitrogens with one attached hydrogen (secondary N) is 3. The third-order valence-corrected chi connectivity index (χ3v) is 5.98. The Morgan fingerprint density at radius 2 is 1.16 bits per heavy atom. The fourth-order valence-corrected chi connectivity index (χ4v) is 4.09. The van der Waals surface area contributed by atoms with E-state index in [0.29, 0.717) is 30.2 Å². The number of carbonyl (C=O) groups excluding carboxylic acids is 2. The van der Waals surface area contributed by atoms with Crippen molar-refractivity contribution >= 4 is 23.1 Å². The first kappa shape index (κ1) is 23.8. The van der Waals surface area contributed by atoms with E-state index in [-0.39, 0.29) is 11.8 Å². The predicted molar refractivity (Wildman–Crippen MR) is 146 cm³/mol. The van der Waals surface area contributed by atoms with E-state index in [2.05, 4.69) is 20.6 Å². The molecule has 37 heavy (non-hydrogen) atoms. The molecule has 0 radical (unpaired) electrons. The van der Waals surface area contributed by atoms with E-state index in [1.165, 1.54) is 0 Å². The maximum Gasteiger partial charge on any atom is 0.270 e. The zero-order valence-corrected chi connectivity index (χ0v) is 20.1. The molecule has 1 aliphatic rings. The Hall–Kier alpha value is -4.97. The summed E-state index contributed by atoms with van der Waals surface area (Å²) in [7, 11) is 0. The molecule has 0 fully saturated rings. The summed E-state index contributed by atoms with van der Waals surface area (Å²) < 4.78 is 0. The molecule has 2 heterocycles. The van der Waals surface area contributed by atoms with Gasteiger partial charge in [-0.15, -0.1) is 0 Å². The van der Waals surface area contributed by atoms with Crippen LogP contribution in [0.25, 0.3) is 5.57 Å². The summed E-state index contributed by atoms with van der Waals surface area (Å²) in [5.41, 5.74) is 5.96. The molecule has 182 valence electrons. The highest BCUT2D eigenvalue weighted by atomic mass is 16.2. The van der Waals surface area contributed by atoms with E-state index < -0.39 is 0 Å². The Balaban J connectivity index is 1.37. The van der Waals surface area contributed by atoms with Crippen molar-refractivity contribution in [2.75, 3.05) is 0 Å². The number of rotatable bonds is 8. The van der Waals surface area contributed by atoms with Crippen LogP contribution in [0, 0.1) is 0 Å². The molecular formula is C31H26N4O2. The fraction of sp³-hybridized carbons (Fsp3) is 0.0645. The summed E-state index contributed by atoms with van der Waals surface area (Å²) in [5.74, 6) is -0.436. The number of hydrogen-bond acceptors (Lipinski definition) is 3. The second-order valence-corrected chi connectivity index (χ2v) is 8.58. The van der Waals surface area contributed by atoms with Crippen molar-refractivity contribution in [2.24, 2.45) is 4.99 Å². The lowest BCUT2D eigenvalue weighted by Crippen LogP contribution is -2.28. The Kier molecular flexibility index (Phi) is 7.18. The normalized spacial score (nSPS) is 13.7. The first-order valence-electron chi connectivity index (χ1n) is 12.1. The number of hydrogen-bond donors (Lipinski definition) is 3. The molecule has 0 saturated carbocycles. The number of allylic oxidation sites excluding steroid dienone is 1. The van der Waals surface area contributed by atoms with Crippen molar-refractivity contribution in [2.45, 2.75) is 13.1 Å². The van der Waals surface area contributed by atoms with Crippen LogP contribution >= 0.6 is 0 Å². The Morgan fingerprint density at radius 3 is 1.78 bits per heavy atom.